The second-order valence-electron chi connectivity index (χ2n) is 5.40. The van der Waals surface area contributed by atoms with Crippen molar-refractivity contribution in [1.82, 2.24) is 9.24 Å². The van der Waals surface area contributed by atoms with E-state index in [1.165, 1.54) is 0 Å². The van der Waals surface area contributed by atoms with Gasteiger partial charge in [-0.15, -0.1) is 0 Å². The summed E-state index contributed by atoms with van der Waals surface area (Å²) >= 11 is 0. The Hall–Kier alpha value is -2.51. The number of benzene rings is 1. The van der Waals surface area contributed by atoms with Crippen molar-refractivity contribution < 1.29 is 13.2 Å². The highest BCUT2D eigenvalue weighted by molar-refractivity contribution is 5.38. The van der Waals surface area contributed by atoms with E-state index in [2.05, 4.69) is 0 Å². The van der Waals surface area contributed by atoms with Gasteiger partial charge >= 0.3 is 11.9 Å². The summed E-state index contributed by atoms with van der Waals surface area (Å²) in [5.74, 6) is 5.21. The van der Waals surface area contributed by atoms with Crippen LogP contribution in [0.15, 0.2) is 27.8 Å². The van der Waals surface area contributed by atoms with Crippen molar-refractivity contribution >= 4 is 0 Å². The molecule has 0 aliphatic rings. The van der Waals surface area contributed by atoms with Crippen LogP contribution in [0.2, 0.25) is 0 Å². The fourth-order valence-electron chi connectivity index (χ4n) is 2.31. The van der Waals surface area contributed by atoms with Gasteiger partial charge in [0.2, 0.25) is 0 Å². The molecule has 0 bridgehead atoms. The third-order valence-corrected chi connectivity index (χ3v) is 4.01. The number of nitrogen functional groups attached to an aromatic ring is 1. The predicted octanol–water partition coefficient (Wildman–Crippen LogP) is 1.72. The van der Waals surface area contributed by atoms with Gasteiger partial charge in [-0.1, -0.05) is 12.1 Å². The van der Waals surface area contributed by atoms with E-state index in [-0.39, 0.29) is 11.2 Å². The lowest BCUT2D eigenvalue weighted by molar-refractivity contribution is -0.143. The molecule has 5 nitrogen and oxygen atoms in total. The zero-order chi connectivity index (χ0) is 17.5. The maximum absolute atomic E-state index is 12.7. The molecule has 0 unspecified atom stereocenters. The maximum atomic E-state index is 12.7. The van der Waals surface area contributed by atoms with Crippen LogP contribution in [-0.4, -0.2) is 9.24 Å². The third-order valence-electron chi connectivity index (χ3n) is 4.01. The van der Waals surface area contributed by atoms with E-state index in [0.717, 1.165) is 16.7 Å². The number of aryl methyl sites for hydroxylation is 1. The summed E-state index contributed by atoms with van der Waals surface area (Å²) in [6.07, 6.45) is -4.87. The summed E-state index contributed by atoms with van der Waals surface area (Å²) in [5.41, 5.74) is -0.130. The summed E-state index contributed by atoms with van der Waals surface area (Å²) in [6.45, 7) is 5.50. The second kappa shape index (κ2) is 5.60. The summed E-state index contributed by atoms with van der Waals surface area (Å²) in [6, 6.07) is 3.90. The molecule has 8 heteroatoms. The molecule has 1 aromatic carbocycles. The van der Waals surface area contributed by atoms with Crippen LogP contribution in [0.25, 0.3) is 0 Å². The van der Waals surface area contributed by atoms with Gasteiger partial charge in [0.1, 0.15) is 0 Å². The normalized spacial score (nSPS) is 11.7. The summed E-state index contributed by atoms with van der Waals surface area (Å²) in [7, 11) is 0. The number of nitrogens with zero attached hydrogens (tertiary/aromatic N) is 2. The number of rotatable bonds is 2. The van der Waals surface area contributed by atoms with Crippen LogP contribution < -0.4 is 17.1 Å². The number of nitrogens with two attached hydrogens (primary N) is 1. The van der Waals surface area contributed by atoms with Crippen LogP contribution in [-0.2, 0) is 12.7 Å². The first kappa shape index (κ1) is 16.9. The van der Waals surface area contributed by atoms with E-state index in [0.29, 0.717) is 16.2 Å². The van der Waals surface area contributed by atoms with Crippen LogP contribution in [0.4, 0.5) is 13.2 Å². The van der Waals surface area contributed by atoms with E-state index in [9.17, 15) is 22.8 Å². The molecule has 0 aliphatic carbocycles. The minimum absolute atomic E-state index is 0.0439. The molecule has 0 atom stereocenters. The lowest BCUT2D eigenvalue weighted by Gasteiger charge is -2.15. The van der Waals surface area contributed by atoms with Crippen LogP contribution >= 0.6 is 0 Å². The molecule has 0 saturated carbocycles. The number of aromatic nitrogens is 2. The fraction of sp³-hybridized carbons (Fsp3) is 0.333. The molecular formula is C15H16F3N3O2. The van der Waals surface area contributed by atoms with Gasteiger partial charge in [0.15, 0.2) is 5.69 Å². The largest absolute Gasteiger partial charge is 0.433 e. The Balaban J connectivity index is 2.59. The minimum Gasteiger partial charge on any atom is -0.335 e. The topological polar surface area (TPSA) is 70.0 Å². The van der Waals surface area contributed by atoms with Gasteiger partial charge < -0.3 is 5.84 Å². The first-order valence-corrected chi connectivity index (χ1v) is 6.79. The molecule has 0 spiro atoms. The molecule has 1 heterocycles. The van der Waals surface area contributed by atoms with Gasteiger partial charge in [-0.25, -0.2) is 9.47 Å². The number of halogens is 3. The average Bonchev–Trinajstić information content (AvgIpc) is 2.46. The summed E-state index contributed by atoms with van der Waals surface area (Å²) in [4.78, 5) is 23.9. The highest BCUT2D eigenvalue weighted by Gasteiger charge is 2.35. The zero-order valence-electron chi connectivity index (χ0n) is 12.9. The van der Waals surface area contributed by atoms with E-state index >= 15 is 0 Å². The van der Waals surface area contributed by atoms with E-state index in [4.69, 9.17) is 5.84 Å². The summed E-state index contributed by atoms with van der Waals surface area (Å²) in [5, 5.41) is 0. The van der Waals surface area contributed by atoms with Crippen molar-refractivity contribution in [1.29, 1.82) is 0 Å². The van der Waals surface area contributed by atoms with E-state index < -0.39 is 23.1 Å². The highest BCUT2D eigenvalue weighted by Crippen LogP contribution is 2.26. The van der Waals surface area contributed by atoms with Crippen LogP contribution in [0.3, 0.4) is 0 Å². The smallest absolute Gasteiger partial charge is 0.335 e. The standard InChI is InChI=1S/C15H16F3N3O2/c1-8-4-5-11(10(3)9(8)2)7-20-13(22)6-12(15(16,17)18)21(19)14(20)23/h4-6H,7,19H2,1-3H3. The fourth-order valence-corrected chi connectivity index (χ4v) is 2.31. The molecule has 2 rings (SSSR count). The Kier molecular flexibility index (Phi) is 4.10. The van der Waals surface area contributed by atoms with E-state index in [1.807, 2.05) is 26.8 Å². The second-order valence-corrected chi connectivity index (χ2v) is 5.40. The van der Waals surface area contributed by atoms with Gasteiger partial charge in [0, 0.05) is 6.07 Å². The highest BCUT2D eigenvalue weighted by atomic mass is 19.4. The molecule has 0 saturated heterocycles. The minimum atomic E-state index is -4.87. The zero-order valence-corrected chi connectivity index (χ0v) is 12.9. The molecule has 1 aromatic heterocycles. The van der Waals surface area contributed by atoms with Crippen LogP contribution in [0.1, 0.15) is 27.9 Å². The Morgan fingerprint density at radius 1 is 1.09 bits per heavy atom. The Bertz CT molecular complexity index is 879. The molecular weight excluding hydrogens is 311 g/mol. The quantitative estimate of drug-likeness (QED) is 0.854. The molecule has 0 fully saturated rings. The molecule has 23 heavy (non-hydrogen) atoms. The molecule has 2 aromatic rings. The third kappa shape index (κ3) is 3.01. The van der Waals surface area contributed by atoms with Gasteiger partial charge in [-0.2, -0.15) is 13.2 Å². The van der Waals surface area contributed by atoms with Gasteiger partial charge in [0.25, 0.3) is 5.56 Å². The van der Waals surface area contributed by atoms with Crippen LogP contribution in [0.5, 0.6) is 0 Å². The van der Waals surface area contributed by atoms with Crippen LogP contribution in [0, 0.1) is 20.8 Å². The van der Waals surface area contributed by atoms with Gasteiger partial charge in [-0.05, 0) is 43.0 Å². The Morgan fingerprint density at radius 3 is 2.26 bits per heavy atom. The van der Waals surface area contributed by atoms with Crippen molar-refractivity contribution in [2.45, 2.75) is 33.5 Å². The lowest BCUT2D eigenvalue weighted by Crippen LogP contribution is -2.46. The van der Waals surface area contributed by atoms with Crippen molar-refractivity contribution in [2.75, 3.05) is 5.84 Å². The monoisotopic (exact) mass is 327 g/mol. The van der Waals surface area contributed by atoms with Crippen molar-refractivity contribution in [2.24, 2.45) is 0 Å². The molecule has 0 radical (unpaired) electrons. The van der Waals surface area contributed by atoms with Crippen molar-refractivity contribution in [3.63, 3.8) is 0 Å². The average molecular weight is 327 g/mol. The van der Waals surface area contributed by atoms with E-state index in [1.54, 1.807) is 6.07 Å². The lowest BCUT2D eigenvalue weighted by atomic mass is 9.99. The van der Waals surface area contributed by atoms with Crippen molar-refractivity contribution in [3.8, 4) is 0 Å². The molecule has 2 N–H and O–H groups in total. The molecule has 0 aliphatic heterocycles. The SMILES string of the molecule is Cc1ccc(Cn2c(=O)cc(C(F)(F)F)n(N)c2=O)c(C)c1C. The Labute approximate surface area is 129 Å². The first-order chi connectivity index (χ1) is 10.5. The first-order valence-electron chi connectivity index (χ1n) is 6.79. The van der Waals surface area contributed by atoms with Gasteiger partial charge in [0.05, 0.1) is 6.54 Å². The predicted molar refractivity (Wildman–Crippen MR) is 79.9 cm³/mol. The Morgan fingerprint density at radius 2 is 1.70 bits per heavy atom. The maximum Gasteiger partial charge on any atom is 0.433 e. The number of alkyl halides is 3. The number of hydrogen-bond donors (Lipinski definition) is 1. The summed E-state index contributed by atoms with van der Waals surface area (Å²) < 4.78 is 38.9. The molecule has 0 amide bonds. The van der Waals surface area contributed by atoms with Gasteiger partial charge in [-0.3, -0.25) is 9.36 Å². The number of hydrogen-bond acceptors (Lipinski definition) is 3. The molecule has 124 valence electrons. The van der Waals surface area contributed by atoms with Crippen molar-refractivity contribution in [3.05, 3.63) is 67.0 Å².